The predicted octanol–water partition coefficient (Wildman–Crippen LogP) is 6.00. The molecule has 1 aliphatic heterocycles. The maximum absolute atomic E-state index is 6.29. The van der Waals surface area contributed by atoms with E-state index in [9.17, 15) is 0 Å². The molecule has 1 saturated carbocycles. The minimum absolute atomic E-state index is 0.653. The predicted molar refractivity (Wildman–Crippen MR) is 112 cm³/mol. The van der Waals surface area contributed by atoms with Crippen LogP contribution in [0.5, 0.6) is 0 Å². The standard InChI is InChI=1S/C20H31ClN2.Cl2O/c1-22-19-10-12-23(13-11-19)15-20(16-6-3-2-4-7-16)17-8-5-9-18(21)14-17;1-3-2/h5,8-9,14,16,19-20,22H,2-4,6-7,10-13,15H2,1H3;. The van der Waals surface area contributed by atoms with E-state index in [1.54, 1.807) is 0 Å². The number of piperidine rings is 1. The highest BCUT2D eigenvalue weighted by molar-refractivity contribution is 6.30. The smallest absolute Gasteiger partial charge is 0.0832 e. The summed E-state index contributed by atoms with van der Waals surface area (Å²) in [5, 5.41) is 4.32. The maximum atomic E-state index is 6.29. The van der Waals surface area contributed by atoms with Gasteiger partial charge in [-0.15, -0.1) is 0 Å². The summed E-state index contributed by atoms with van der Waals surface area (Å²) in [5.74, 6) is 1.49. The van der Waals surface area contributed by atoms with Crippen LogP contribution < -0.4 is 5.32 Å². The average Bonchev–Trinajstić information content (AvgIpc) is 2.68. The van der Waals surface area contributed by atoms with Crippen LogP contribution in [0.25, 0.3) is 0 Å². The summed E-state index contributed by atoms with van der Waals surface area (Å²) in [5.41, 5.74) is 1.46. The van der Waals surface area contributed by atoms with Gasteiger partial charge in [-0.2, -0.15) is 3.84 Å². The second-order valence-electron chi connectivity index (χ2n) is 7.48. The Morgan fingerprint density at radius 1 is 1.12 bits per heavy atom. The Morgan fingerprint density at radius 3 is 2.35 bits per heavy atom. The van der Waals surface area contributed by atoms with E-state index in [-0.39, 0.29) is 0 Å². The van der Waals surface area contributed by atoms with Gasteiger partial charge >= 0.3 is 0 Å². The second-order valence-corrected chi connectivity index (χ2v) is 8.38. The van der Waals surface area contributed by atoms with Crippen molar-refractivity contribution in [1.29, 1.82) is 0 Å². The zero-order valence-corrected chi connectivity index (χ0v) is 17.9. The number of likely N-dealkylation sites (tertiary alicyclic amines) is 1. The van der Waals surface area contributed by atoms with Crippen molar-refractivity contribution in [2.75, 3.05) is 26.7 Å². The SMILES string of the molecule is CNC1CCN(CC(c2cccc(Cl)c2)C2CCCCC2)CC1.ClOCl. The molecule has 1 heterocycles. The molecule has 1 aliphatic carbocycles. The number of nitrogens with zero attached hydrogens (tertiary/aromatic N) is 1. The molecule has 2 aliphatic rings. The first kappa shape index (κ1) is 22.3. The van der Waals surface area contributed by atoms with Gasteiger partial charge in [0.15, 0.2) is 0 Å². The number of benzene rings is 1. The van der Waals surface area contributed by atoms with E-state index in [1.807, 2.05) is 6.07 Å². The second kappa shape index (κ2) is 12.4. The van der Waals surface area contributed by atoms with E-state index >= 15 is 0 Å². The minimum atomic E-state index is 0.653. The fourth-order valence-corrected chi connectivity index (χ4v) is 4.68. The molecule has 3 rings (SSSR count). The van der Waals surface area contributed by atoms with Gasteiger partial charge in [0.1, 0.15) is 0 Å². The molecule has 2 fully saturated rings. The van der Waals surface area contributed by atoms with Gasteiger partial charge in [-0.1, -0.05) is 43.0 Å². The first-order valence-corrected chi connectivity index (χ1v) is 10.7. The summed E-state index contributed by atoms with van der Waals surface area (Å²) in [6.45, 7) is 3.67. The Bertz CT molecular complexity index is 504. The van der Waals surface area contributed by atoms with E-state index in [0.717, 1.165) is 10.9 Å². The minimum Gasteiger partial charge on any atom is -0.317 e. The number of nitrogens with one attached hydrogen (secondary N) is 1. The van der Waals surface area contributed by atoms with Crippen LogP contribution in [0.15, 0.2) is 24.3 Å². The highest BCUT2D eigenvalue weighted by Gasteiger charge is 2.28. The average molecular weight is 422 g/mol. The number of hydrogen-bond acceptors (Lipinski definition) is 3. The normalized spacial score (nSPS) is 21.1. The van der Waals surface area contributed by atoms with Crippen molar-refractivity contribution in [3.63, 3.8) is 0 Å². The fraction of sp³-hybridized carbons (Fsp3) is 0.700. The molecule has 1 N–H and O–H groups in total. The Kier molecular flexibility index (Phi) is 10.6. The molecule has 6 heteroatoms. The lowest BCUT2D eigenvalue weighted by molar-refractivity contribution is 0.164. The van der Waals surface area contributed by atoms with Crippen molar-refractivity contribution in [1.82, 2.24) is 10.2 Å². The number of halogens is 3. The van der Waals surface area contributed by atoms with E-state index in [0.29, 0.717) is 12.0 Å². The summed E-state index contributed by atoms with van der Waals surface area (Å²) in [6, 6.07) is 9.35. The van der Waals surface area contributed by atoms with Crippen molar-refractivity contribution in [3.8, 4) is 0 Å². The topological polar surface area (TPSA) is 24.5 Å². The Balaban J connectivity index is 0.000000758. The molecule has 0 aromatic heterocycles. The van der Waals surface area contributed by atoms with Gasteiger partial charge < -0.3 is 10.2 Å². The molecular weight excluding hydrogens is 391 g/mol. The van der Waals surface area contributed by atoms with Crippen LogP contribution in [0, 0.1) is 5.92 Å². The van der Waals surface area contributed by atoms with Crippen LogP contribution in [0.3, 0.4) is 0 Å². The van der Waals surface area contributed by atoms with Crippen molar-refractivity contribution in [2.45, 2.75) is 56.9 Å². The van der Waals surface area contributed by atoms with Crippen molar-refractivity contribution in [2.24, 2.45) is 5.92 Å². The molecule has 0 radical (unpaired) electrons. The first-order chi connectivity index (χ1) is 12.7. The molecule has 3 nitrogen and oxygen atoms in total. The van der Waals surface area contributed by atoms with Crippen LogP contribution in [0.2, 0.25) is 5.02 Å². The molecule has 148 valence electrons. The quantitative estimate of drug-likeness (QED) is 0.631. The van der Waals surface area contributed by atoms with Gasteiger partial charge in [-0.3, -0.25) is 0 Å². The molecule has 0 spiro atoms. The van der Waals surface area contributed by atoms with E-state index in [1.165, 1.54) is 70.1 Å². The zero-order valence-electron chi connectivity index (χ0n) is 15.6. The van der Waals surface area contributed by atoms with Crippen LogP contribution in [0.1, 0.15) is 56.4 Å². The summed E-state index contributed by atoms with van der Waals surface area (Å²) < 4.78 is 3.19. The van der Waals surface area contributed by atoms with E-state index in [2.05, 4.69) is 63.0 Å². The van der Waals surface area contributed by atoms with Crippen molar-refractivity contribution in [3.05, 3.63) is 34.9 Å². The maximum Gasteiger partial charge on any atom is 0.0832 e. The van der Waals surface area contributed by atoms with Gasteiger partial charge in [0.05, 0.1) is 23.7 Å². The lowest BCUT2D eigenvalue weighted by Gasteiger charge is -2.38. The number of hydrogen-bond donors (Lipinski definition) is 1. The number of rotatable bonds is 5. The third-order valence-corrected chi connectivity index (χ3v) is 6.18. The highest BCUT2D eigenvalue weighted by Crippen LogP contribution is 2.37. The van der Waals surface area contributed by atoms with Gasteiger partial charge in [0.25, 0.3) is 0 Å². The Morgan fingerprint density at radius 2 is 1.77 bits per heavy atom. The first-order valence-electron chi connectivity index (χ1n) is 9.72. The molecule has 1 unspecified atom stereocenters. The van der Waals surface area contributed by atoms with Crippen molar-refractivity contribution < 1.29 is 3.84 Å². The Labute approximate surface area is 173 Å². The van der Waals surface area contributed by atoms with Gasteiger partial charge in [0.2, 0.25) is 0 Å². The van der Waals surface area contributed by atoms with Crippen LogP contribution in [-0.2, 0) is 3.84 Å². The summed E-state index contributed by atoms with van der Waals surface area (Å²) >= 11 is 14.8. The van der Waals surface area contributed by atoms with Crippen LogP contribution in [-0.4, -0.2) is 37.6 Å². The van der Waals surface area contributed by atoms with Crippen LogP contribution >= 0.6 is 35.3 Å². The fourth-order valence-electron chi connectivity index (χ4n) is 4.48. The van der Waals surface area contributed by atoms with Gasteiger partial charge in [-0.25, -0.2) is 0 Å². The third-order valence-electron chi connectivity index (χ3n) is 5.95. The van der Waals surface area contributed by atoms with E-state index < -0.39 is 0 Å². The molecule has 0 amide bonds. The van der Waals surface area contributed by atoms with E-state index in [4.69, 9.17) is 11.6 Å². The molecular formula is C20H31Cl3N2O. The van der Waals surface area contributed by atoms with Crippen molar-refractivity contribution >= 4 is 35.3 Å². The summed E-state index contributed by atoms with van der Waals surface area (Å²) in [7, 11) is 2.09. The molecule has 1 aromatic rings. The molecule has 1 atom stereocenters. The largest absolute Gasteiger partial charge is 0.317 e. The zero-order chi connectivity index (χ0) is 18.8. The molecule has 1 aromatic carbocycles. The third kappa shape index (κ3) is 7.18. The highest BCUT2D eigenvalue weighted by atomic mass is 35.6. The summed E-state index contributed by atoms with van der Waals surface area (Å²) in [6.07, 6.45) is 9.58. The summed E-state index contributed by atoms with van der Waals surface area (Å²) in [4.78, 5) is 2.69. The van der Waals surface area contributed by atoms with Gasteiger partial charge in [0, 0.05) is 17.6 Å². The molecule has 0 bridgehead atoms. The lowest BCUT2D eigenvalue weighted by Crippen LogP contribution is -2.43. The monoisotopic (exact) mass is 420 g/mol. The lowest BCUT2D eigenvalue weighted by atomic mass is 9.76. The molecule has 1 saturated heterocycles. The van der Waals surface area contributed by atoms with Gasteiger partial charge in [-0.05, 0) is 75.4 Å². The van der Waals surface area contributed by atoms with Crippen LogP contribution in [0.4, 0.5) is 0 Å². The molecule has 26 heavy (non-hydrogen) atoms. The Hall–Kier alpha value is -0.0300.